The molecule has 98 valence electrons. The largest absolute Gasteiger partial charge is 0.350 e. The van der Waals surface area contributed by atoms with Crippen LogP contribution in [-0.4, -0.2) is 28.4 Å². The fourth-order valence-electron chi connectivity index (χ4n) is 1.41. The molecule has 0 aliphatic rings. The van der Waals surface area contributed by atoms with Crippen molar-refractivity contribution in [2.75, 3.05) is 12.3 Å². The highest BCUT2D eigenvalue weighted by Crippen LogP contribution is 2.15. The van der Waals surface area contributed by atoms with E-state index in [1.165, 1.54) is 17.0 Å². The van der Waals surface area contributed by atoms with Gasteiger partial charge in [-0.05, 0) is 18.2 Å². The molecule has 0 spiro atoms. The lowest BCUT2D eigenvalue weighted by molar-refractivity contribution is 0.0950. The fourth-order valence-corrected chi connectivity index (χ4v) is 2.20. The van der Waals surface area contributed by atoms with Crippen LogP contribution in [0.5, 0.6) is 0 Å². The van der Waals surface area contributed by atoms with Gasteiger partial charge < -0.3 is 5.32 Å². The molecule has 0 radical (unpaired) electrons. The normalized spacial score (nSPS) is 10.1. The summed E-state index contributed by atoms with van der Waals surface area (Å²) in [6, 6.07) is 12.6. The maximum Gasteiger partial charge on any atom is 0.271 e. The van der Waals surface area contributed by atoms with Gasteiger partial charge in [0.15, 0.2) is 0 Å². The van der Waals surface area contributed by atoms with E-state index in [2.05, 4.69) is 15.5 Å². The van der Waals surface area contributed by atoms with Crippen molar-refractivity contribution in [1.82, 2.24) is 15.5 Å². The van der Waals surface area contributed by atoms with E-state index in [1.54, 1.807) is 11.8 Å². The maximum absolute atomic E-state index is 11.7. The van der Waals surface area contributed by atoms with E-state index in [9.17, 15) is 9.59 Å². The van der Waals surface area contributed by atoms with Gasteiger partial charge in [0.25, 0.3) is 11.5 Å². The highest BCUT2D eigenvalue weighted by atomic mass is 32.2. The van der Waals surface area contributed by atoms with Crippen LogP contribution in [0.25, 0.3) is 0 Å². The second kappa shape index (κ2) is 6.75. The second-order valence-corrected chi connectivity index (χ2v) is 4.89. The second-order valence-electron chi connectivity index (χ2n) is 3.72. The zero-order valence-electron chi connectivity index (χ0n) is 10.1. The van der Waals surface area contributed by atoms with Crippen molar-refractivity contribution in [3.05, 3.63) is 58.5 Å². The lowest BCUT2D eigenvalue weighted by Crippen LogP contribution is -2.27. The van der Waals surface area contributed by atoms with E-state index in [0.29, 0.717) is 6.54 Å². The van der Waals surface area contributed by atoms with Gasteiger partial charge >= 0.3 is 0 Å². The van der Waals surface area contributed by atoms with E-state index >= 15 is 0 Å². The molecule has 0 unspecified atom stereocenters. The number of benzene rings is 1. The van der Waals surface area contributed by atoms with E-state index in [4.69, 9.17) is 0 Å². The molecule has 0 fully saturated rings. The van der Waals surface area contributed by atoms with Gasteiger partial charge in [0, 0.05) is 23.3 Å². The average molecular weight is 275 g/mol. The number of carbonyl (C=O) groups excluding carboxylic acids is 1. The summed E-state index contributed by atoms with van der Waals surface area (Å²) in [5, 5.41) is 8.63. The number of H-pyrrole nitrogens is 1. The van der Waals surface area contributed by atoms with Crippen molar-refractivity contribution in [1.29, 1.82) is 0 Å². The van der Waals surface area contributed by atoms with Crippen molar-refractivity contribution in [3.63, 3.8) is 0 Å². The number of thioether (sulfide) groups is 1. The fraction of sp³-hybridized carbons (Fsp3) is 0.154. The maximum atomic E-state index is 11.7. The molecule has 2 rings (SSSR count). The number of rotatable bonds is 5. The van der Waals surface area contributed by atoms with Crippen LogP contribution in [0, 0.1) is 0 Å². The molecule has 0 aliphatic carbocycles. The van der Waals surface area contributed by atoms with Gasteiger partial charge in [0.2, 0.25) is 0 Å². The molecular weight excluding hydrogens is 262 g/mol. The zero-order valence-corrected chi connectivity index (χ0v) is 10.9. The van der Waals surface area contributed by atoms with Gasteiger partial charge in [0.05, 0.1) is 0 Å². The summed E-state index contributed by atoms with van der Waals surface area (Å²) < 4.78 is 0. The molecule has 0 atom stereocenters. The highest BCUT2D eigenvalue weighted by molar-refractivity contribution is 7.99. The molecule has 5 nitrogen and oxygen atoms in total. The predicted octanol–water partition coefficient (Wildman–Crippen LogP) is 1.29. The summed E-state index contributed by atoms with van der Waals surface area (Å²) in [5.74, 6) is 0.490. The van der Waals surface area contributed by atoms with Gasteiger partial charge in [-0.3, -0.25) is 9.59 Å². The number of carbonyl (C=O) groups is 1. The third-order valence-electron chi connectivity index (χ3n) is 2.31. The first-order valence-corrected chi connectivity index (χ1v) is 6.76. The van der Waals surface area contributed by atoms with E-state index in [1.807, 2.05) is 30.3 Å². The van der Waals surface area contributed by atoms with Crippen LogP contribution >= 0.6 is 11.8 Å². The minimum absolute atomic E-state index is 0.212. The lowest BCUT2D eigenvalue weighted by Gasteiger charge is -2.04. The molecule has 2 aromatic rings. The Morgan fingerprint density at radius 2 is 2.00 bits per heavy atom. The van der Waals surface area contributed by atoms with E-state index in [-0.39, 0.29) is 17.2 Å². The summed E-state index contributed by atoms with van der Waals surface area (Å²) in [5.41, 5.74) is -0.111. The topological polar surface area (TPSA) is 74.8 Å². The number of nitrogens with zero attached hydrogens (tertiary/aromatic N) is 1. The molecular formula is C13H13N3O2S. The van der Waals surface area contributed by atoms with Crippen molar-refractivity contribution in [2.24, 2.45) is 0 Å². The summed E-state index contributed by atoms with van der Waals surface area (Å²) in [4.78, 5) is 23.6. The molecule has 0 bridgehead atoms. The Morgan fingerprint density at radius 1 is 1.21 bits per heavy atom. The molecule has 0 saturated carbocycles. The van der Waals surface area contributed by atoms with Gasteiger partial charge in [-0.2, -0.15) is 5.10 Å². The summed E-state index contributed by atoms with van der Waals surface area (Å²) in [7, 11) is 0. The number of aromatic nitrogens is 2. The molecule has 19 heavy (non-hydrogen) atoms. The number of hydrogen-bond acceptors (Lipinski definition) is 4. The molecule has 1 aromatic carbocycles. The Labute approximate surface area is 114 Å². The Kier molecular flexibility index (Phi) is 4.74. The Morgan fingerprint density at radius 3 is 2.68 bits per heavy atom. The van der Waals surface area contributed by atoms with Crippen LogP contribution in [0.2, 0.25) is 0 Å². The SMILES string of the molecule is O=C(NCCSc1ccccc1)c1ccc(=O)[nH]n1. The standard InChI is InChI=1S/C13H13N3O2S/c17-12-7-6-11(15-16-12)13(18)14-8-9-19-10-4-2-1-3-5-10/h1-7H,8-9H2,(H,14,18)(H,16,17). The Hall–Kier alpha value is -2.08. The molecule has 1 amide bonds. The van der Waals surface area contributed by atoms with Crippen molar-refractivity contribution in [2.45, 2.75) is 4.90 Å². The molecule has 6 heteroatoms. The monoisotopic (exact) mass is 275 g/mol. The third-order valence-corrected chi connectivity index (χ3v) is 3.33. The minimum Gasteiger partial charge on any atom is -0.350 e. The minimum atomic E-state index is -0.323. The van der Waals surface area contributed by atoms with Gasteiger partial charge in [-0.15, -0.1) is 11.8 Å². The van der Waals surface area contributed by atoms with Crippen molar-refractivity contribution >= 4 is 17.7 Å². The first-order valence-electron chi connectivity index (χ1n) is 5.77. The Bertz CT molecular complexity index is 578. The van der Waals surface area contributed by atoms with Crippen LogP contribution in [0.4, 0.5) is 0 Å². The van der Waals surface area contributed by atoms with E-state index in [0.717, 1.165) is 5.75 Å². The average Bonchev–Trinajstić information content (AvgIpc) is 2.45. The van der Waals surface area contributed by atoms with Crippen molar-refractivity contribution < 1.29 is 4.79 Å². The van der Waals surface area contributed by atoms with Gasteiger partial charge in [0.1, 0.15) is 5.69 Å². The van der Waals surface area contributed by atoms with Gasteiger partial charge in [-0.1, -0.05) is 18.2 Å². The molecule has 1 heterocycles. The Balaban J connectivity index is 1.75. The molecule has 1 aromatic heterocycles. The third kappa shape index (κ3) is 4.26. The summed E-state index contributed by atoms with van der Waals surface area (Å²) in [6.07, 6.45) is 0. The van der Waals surface area contributed by atoms with Crippen molar-refractivity contribution in [3.8, 4) is 0 Å². The van der Waals surface area contributed by atoms with Crippen LogP contribution in [0.3, 0.4) is 0 Å². The first-order chi connectivity index (χ1) is 9.25. The number of hydrogen-bond donors (Lipinski definition) is 2. The van der Waals surface area contributed by atoms with Crippen LogP contribution < -0.4 is 10.9 Å². The van der Waals surface area contributed by atoms with Crippen LogP contribution in [-0.2, 0) is 0 Å². The molecule has 0 saturated heterocycles. The molecule has 0 aliphatic heterocycles. The van der Waals surface area contributed by atoms with E-state index < -0.39 is 0 Å². The van der Waals surface area contributed by atoms with Crippen LogP contribution in [0.15, 0.2) is 52.2 Å². The quantitative estimate of drug-likeness (QED) is 0.637. The lowest BCUT2D eigenvalue weighted by atomic mass is 10.4. The summed E-state index contributed by atoms with van der Waals surface area (Å²) >= 11 is 1.67. The summed E-state index contributed by atoms with van der Waals surface area (Å²) in [6.45, 7) is 0.541. The predicted molar refractivity (Wildman–Crippen MR) is 74.4 cm³/mol. The number of aromatic amines is 1. The highest BCUT2D eigenvalue weighted by Gasteiger charge is 2.05. The van der Waals surface area contributed by atoms with Gasteiger partial charge in [-0.25, -0.2) is 5.10 Å². The number of amides is 1. The number of nitrogens with one attached hydrogen (secondary N) is 2. The molecule has 2 N–H and O–H groups in total. The van der Waals surface area contributed by atoms with Crippen LogP contribution in [0.1, 0.15) is 10.5 Å². The smallest absolute Gasteiger partial charge is 0.271 e. The zero-order chi connectivity index (χ0) is 13.5. The first kappa shape index (κ1) is 13.4.